The summed E-state index contributed by atoms with van der Waals surface area (Å²) in [5.41, 5.74) is 6.29. The average molecular weight is 212 g/mol. The lowest BCUT2D eigenvalue weighted by molar-refractivity contribution is 0.0933. The molecule has 0 aromatic rings. The van der Waals surface area contributed by atoms with Gasteiger partial charge in [0, 0.05) is 24.5 Å². The van der Waals surface area contributed by atoms with Crippen LogP contribution in [0.4, 0.5) is 0 Å². The van der Waals surface area contributed by atoms with Gasteiger partial charge in [-0.1, -0.05) is 13.8 Å². The van der Waals surface area contributed by atoms with Crippen molar-refractivity contribution in [1.82, 2.24) is 4.90 Å². The second kappa shape index (κ2) is 4.40. The number of nitrogens with two attached hydrogens (primary N) is 1. The third kappa shape index (κ3) is 2.52. The van der Waals surface area contributed by atoms with Gasteiger partial charge in [-0.3, -0.25) is 0 Å². The molecular weight excluding hydrogens is 188 g/mol. The zero-order valence-corrected chi connectivity index (χ0v) is 10.0. The highest BCUT2D eigenvalue weighted by Crippen LogP contribution is 2.29. The molecular formula is C12H24N2O. The molecule has 0 amide bonds. The predicted octanol–water partition coefficient (Wildman–Crippen LogP) is 1.08. The zero-order valence-electron chi connectivity index (χ0n) is 10.0. The molecule has 15 heavy (non-hydrogen) atoms. The minimum atomic E-state index is 0.178. The Morgan fingerprint density at radius 1 is 1.53 bits per heavy atom. The van der Waals surface area contributed by atoms with E-state index in [2.05, 4.69) is 18.7 Å². The number of piperidine rings is 1. The largest absolute Gasteiger partial charge is 0.379 e. The number of likely N-dealkylation sites (tertiary alicyclic amines) is 1. The fraction of sp³-hybridized carbons (Fsp3) is 1.00. The van der Waals surface area contributed by atoms with Crippen molar-refractivity contribution in [3.8, 4) is 0 Å². The third-order valence-electron chi connectivity index (χ3n) is 3.95. The third-order valence-corrected chi connectivity index (χ3v) is 3.95. The van der Waals surface area contributed by atoms with Crippen LogP contribution in [-0.2, 0) is 4.74 Å². The molecule has 88 valence electrons. The molecule has 0 bridgehead atoms. The molecule has 0 aliphatic carbocycles. The maximum atomic E-state index is 6.11. The van der Waals surface area contributed by atoms with Crippen molar-refractivity contribution in [2.75, 3.05) is 32.8 Å². The monoisotopic (exact) mass is 212 g/mol. The summed E-state index contributed by atoms with van der Waals surface area (Å²) >= 11 is 0. The highest BCUT2D eigenvalue weighted by Gasteiger charge is 2.39. The van der Waals surface area contributed by atoms with Crippen LogP contribution in [0, 0.1) is 11.3 Å². The summed E-state index contributed by atoms with van der Waals surface area (Å²) in [4.78, 5) is 2.57. The Balaban J connectivity index is 1.90. The molecule has 2 heterocycles. The molecule has 0 spiro atoms. The minimum Gasteiger partial charge on any atom is -0.379 e. The summed E-state index contributed by atoms with van der Waals surface area (Å²) in [5.74, 6) is 0.848. The zero-order chi connectivity index (χ0) is 10.9. The van der Waals surface area contributed by atoms with Gasteiger partial charge in [-0.25, -0.2) is 0 Å². The van der Waals surface area contributed by atoms with Crippen LogP contribution in [0.3, 0.4) is 0 Å². The van der Waals surface area contributed by atoms with E-state index in [1.165, 1.54) is 25.9 Å². The van der Waals surface area contributed by atoms with Crippen molar-refractivity contribution in [2.24, 2.45) is 17.1 Å². The number of ether oxygens (including phenoxy) is 1. The molecule has 0 radical (unpaired) electrons. The second-order valence-electron chi connectivity index (χ2n) is 5.76. The topological polar surface area (TPSA) is 38.5 Å². The van der Waals surface area contributed by atoms with Gasteiger partial charge in [-0.15, -0.1) is 0 Å². The van der Waals surface area contributed by atoms with Gasteiger partial charge in [0.25, 0.3) is 0 Å². The number of rotatable bonds is 2. The van der Waals surface area contributed by atoms with Gasteiger partial charge in [0.05, 0.1) is 13.2 Å². The van der Waals surface area contributed by atoms with Crippen LogP contribution in [0.15, 0.2) is 0 Å². The first-order valence-corrected chi connectivity index (χ1v) is 6.16. The summed E-state index contributed by atoms with van der Waals surface area (Å²) in [6.45, 7) is 9.77. The van der Waals surface area contributed by atoms with Crippen molar-refractivity contribution in [2.45, 2.75) is 32.7 Å². The van der Waals surface area contributed by atoms with Crippen LogP contribution in [0.5, 0.6) is 0 Å². The van der Waals surface area contributed by atoms with Crippen molar-refractivity contribution < 1.29 is 4.74 Å². The van der Waals surface area contributed by atoms with E-state index in [1.54, 1.807) is 0 Å². The minimum absolute atomic E-state index is 0.178. The smallest absolute Gasteiger partial charge is 0.0624 e. The van der Waals surface area contributed by atoms with E-state index in [4.69, 9.17) is 10.5 Å². The molecule has 0 saturated carbocycles. The van der Waals surface area contributed by atoms with E-state index < -0.39 is 0 Å². The predicted molar refractivity (Wildman–Crippen MR) is 61.7 cm³/mol. The molecule has 2 aliphatic rings. The Morgan fingerprint density at radius 2 is 2.33 bits per heavy atom. The van der Waals surface area contributed by atoms with Gasteiger partial charge in [-0.2, -0.15) is 0 Å². The fourth-order valence-electron chi connectivity index (χ4n) is 2.83. The van der Waals surface area contributed by atoms with Gasteiger partial charge >= 0.3 is 0 Å². The first-order chi connectivity index (χ1) is 7.10. The van der Waals surface area contributed by atoms with Crippen molar-refractivity contribution in [3.05, 3.63) is 0 Å². The number of nitrogens with zero attached hydrogens (tertiary/aromatic N) is 1. The average Bonchev–Trinajstić information content (AvgIpc) is 2.47. The Bertz CT molecular complexity index is 222. The normalized spacial score (nSPS) is 43.4. The lowest BCUT2D eigenvalue weighted by Gasteiger charge is -2.38. The van der Waals surface area contributed by atoms with Gasteiger partial charge in [0.15, 0.2) is 0 Å². The highest BCUT2D eigenvalue weighted by atomic mass is 16.5. The van der Waals surface area contributed by atoms with Crippen LogP contribution in [0.25, 0.3) is 0 Å². The summed E-state index contributed by atoms with van der Waals surface area (Å²) < 4.78 is 5.49. The van der Waals surface area contributed by atoms with Crippen molar-refractivity contribution >= 4 is 0 Å². The molecule has 2 aliphatic heterocycles. The molecule has 2 fully saturated rings. The van der Waals surface area contributed by atoms with E-state index in [-0.39, 0.29) is 11.5 Å². The van der Waals surface area contributed by atoms with Gasteiger partial charge < -0.3 is 15.4 Å². The lowest BCUT2D eigenvalue weighted by atomic mass is 9.84. The maximum Gasteiger partial charge on any atom is 0.0624 e. The Morgan fingerprint density at radius 3 is 2.93 bits per heavy atom. The molecule has 2 saturated heterocycles. The highest BCUT2D eigenvalue weighted by molar-refractivity contribution is 4.93. The quantitative estimate of drug-likeness (QED) is 0.744. The Kier molecular flexibility index (Phi) is 3.33. The van der Waals surface area contributed by atoms with E-state index >= 15 is 0 Å². The van der Waals surface area contributed by atoms with E-state index in [9.17, 15) is 0 Å². The molecule has 2 N–H and O–H groups in total. The van der Waals surface area contributed by atoms with Crippen LogP contribution in [-0.4, -0.2) is 43.8 Å². The summed E-state index contributed by atoms with van der Waals surface area (Å²) in [6, 6.07) is 0.217. The summed E-state index contributed by atoms with van der Waals surface area (Å²) in [6.07, 6.45) is 2.73. The van der Waals surface area contributed by atoms with E-state index in [1.807, 2.05) is 0 Å². The van der Waals surface area contributed by atoms with Crippen LogP contribution in [0.1, 0.15) is 26.7 Å². The van der Waals surface area contributed by atoms with Crippen LogP contribution in [0.2, 0.25) is 0 Å². The Labute approximate surface area is 93.0 Å². The number of hydrogen-bond donors (Lipinski definition) is 1. The summed E-state index contributed by atoms with van der Waals surface area (Å²) in [5, 5.41) is 0. The van der Waals surface area contributed by atoms with Crippen molar-refractivity contribution in [3.63, 3.8) is 0 Å². The van der Waals surface area contributed by atoms with Gasteiger partial charge in [0.2, 0.25) is 0 Å². The van der Waals surface area contributed by atoms with Gasteiger partial charge in [0.1, 0.15) is 0 Å². The standard InChI is InChI=1S/C12H24N2O/c1-10-4-3-5-14(6-10)8-12(2)9-15-7-11(12)13/h10-11H,3-9,13H2,1-2H3. The van der Waals surface area contributed by atoms with Crippen LogP contribution < -0.4 is 5.73 Å². The fourth-order valence-corrected chi connectivity index (χ4v) is 2.83. The molecule has 0 aromatic carbocycles. The maximum absolute atomic E-state index is 6.11. The van der Waals surface area contributed by atoms with Crippen molar-refractivity contribution in [1.29, 1.82) is 0 Å². The molecule has 2 rings (SSSR count). The lowest BCUT2D eigenvalue weighted by Crippen LogP contribution is -2.49. The van der Waals surface area contributed by atoms with Gasteiger partial charge in [-0.05, 0) is 25.3 Å². The molecule has 3 heteroatoms. The number of hydrogen-bond acceptors (Lipinski definition) is 3. The molecule has 3 unspecified atom stereocenters. The molecule has 3 nitrogen and oxygen atoms in total. The Hall–Kier alpha value is -0.120. The van der Waals surface area contributed by atoms with E-state index in [0.717, 1.165) is 25.7 Å². The SMILES string of the molecule is CC1CCCN(CC2(C)COCC2N)C1. The summed E-state index contributed by atoms with van der Waals surface area (Å²) in [7, 11) is 0. The van der Waals surface area contributed by atoms with E-state index in [0.29, 0.717) is 0 Å². The van der Waals surface area contributed by atoms with Crippen LogP contribution >= 0.6 is 0 Å². The second-order valence-corrected chi connectivity index (χ2v) is 5.76. The molecule has 0 aromatic heterocycles. The molecule has 3 atom stereocenters. The first-order valence-electron chi connectivity index (χ1n) is 6.16. The first kappa shape index (κ1) is 11.4.